The minimum Gasteiger partial charge on any atom is -0.465 e. The van der Waals surface area contributed by atoms with Crippen molar-refractivity contribution in [1.29, 1.82) is 0 Å². The zero-order chi connectivity index (χ0) is 24.3. The quantitative estimate of drug-likeness (QED) is 0.389. The lowest BCUT2D eigenvalue weighted by Crippen LogP contribution is -2.31. The summed E-state index contributed by atoms with van der Waals surface area (Å²) in [6.07, 6.45) is 3.78. The topological polar surface area (TPSA) is 107 Å². The maximum Gasteiger partial charge on any atom is 0.327 e. The Bertz CT molecular complexity index is 1310. The summed E-state index contributed by atoms with van der Waals surface area (Å²) in [5.41, 5.74) is 3.91. The molecule has 0 aliphatic heterocycles. The maximum atomic E-state index is 13.1. The van der Waals surface area contributed by atoms with Crippen molar-refractivity contribution in [1.82, 2.24) is 14.5 Å². The van der Waals surface area contributed by atoms with E-state index in [4.69, 9.17) is 4.74 Å². The Labute approximate surface area is 199 Å². The van der Waals surface area contributed by atoms with Crippen LogP contribution in [0.4, 0.5) is 0 Å². The van der Waals surface area contributed by atoms with Gasteiger partial charge in [-0.2, -0.15) is 5.10 Å². The Hall–Kier alpha value is -3.30. The summed E-state index contributed by atoms with van der Waals surface area (Å²) in [5.74, 6) is -0.396. The number of rotatable bonds is 8. The molecule has 0 amide bonds. The average Bonchev–Trinajstić information content (AvgIpc) is 3.23. The van der Waals surface area contributed by atoms with E-state index in [-0.39, 0.29) is 23.2 Å². The van der Waals surface area contributed by atoms with Crippen LogP contribution in [0.5, 0.6) is 0 Å². The minimum absolute atomic E-state index is 0.00886. The van der Waals surface area contributed by atoms with Gasteiger partial charge in [-0.3, -0.25) is 14.3 Å². The minimum atomic E-state index is -3.78. The number of aromatic nitrogens is 2. The number of hydrogen-bond donors (Lipinski definition) is 1. The third kappa shape index (κ3) is 5.10. The summed E-state index contributed by atoms with van der Waals surface area (Å²) in [4.78, 5) is 23.7. The van der Waals surface area contributed by atoms with Crippen molar-refractivity contribution in [3.63, 3.8) is 0 Å². The fourth-order valence-corrected chi connectivity index (χ4v) is 5.46. The highest BCUT2D eigenvalue weighted by atomic mass is 32.2. The fourth-order valence-electron chi connectivity index (χ4n) is 4.21. The zero-order valence-corrected chi connectivity index (χ0v) is 20.0. The van der Waals surface area contributed by atoms with Crippen LogP contribution < -0.4 is 4.72 Å². The van der Waals surface area contributed by atoms with Gasteiger partial charge >= 0.3 is 5.97 Å². The first-order valence-electron chi connectivity index (χ1n) is 11.2. The standard InChI is InChI=1S/C25H27N3O5S/c1-3-33-25(30)16-28-24-9-5-8-23(22(24)15-26-28)27-34(31,32)21-12-10-18(11-13-21)20-7-4-6-19(14-20)17(2)29/h4,6-7,10-15,23,27H,3,5,8-9,16H2,1-2H3. The Morgan fingerprint density at radius 1 is 1.15 bits per heavy atom. The van der Waals surface area contributed by atoms with E-state index >= 15 is 0 Å². The molecule has 178 valence electrons. The molecule has 0 bridgehead atoms. The van der Waals surface area contributed by atoms with Crippen molar-refractivity contribution in [2.45, 2.75) is 50.6 Å². The molecule has 4 rings (SSSR count). The molecular formula is C25H27N3O5S. The molecule has 0 saturated carbocycles. The second-order valence-electron chi connectivity index (χ2n) is 8.24. The van der Waals surface area contributed by atoms with E-state index in [1.807, 2.05) is 6.07 Å². The highest BCUT2D eigenvalue weighted by molar-refractivity contribution is 7.89. The van der Waals surface area contributed by atoms with Crippen molar-refractivity contribution < 1.29 is 22.7 Å². The summed E-state index contributed by atoms with van der Waals surface area (Å²) in [6, 6.07) is 13.4. The Morgan fingerprint density at radius 3 is 2.62 bits per heavy atom. The van der Waals surface area contributed by atoms with E-state index < -0.39 is 16.1 Å². The van der Waals surface area contributed by atoms with Crippen molar-refractivity contribution in [2.75, 3.05) is 6.61 Å². The van der Waals surface area contributed by atoms with Crippen LogP contribution in [0.15, 0.2) is 59.6 Å². The lowest BCUT2D eigenvalue weighted by molar-refractivity contribution is -0.144. The molecule has 8 nitrogen and oxygen atoms in total. The predicted octanol–water partition coefficient (Wildman–Crippen LogP) is 3.67. The number of ether oxygens (including phenoxy) is 1. The van der Waals surface area contributed by atoms with Gasteiger partial charge in [0.15, 0.2) is 5.78 Å². The second-order valence-corrected chi connectivity index (χ2v) is 9.95. The van der Waals surface area contributed by atoms with Crippen molar-refractivity contribution >= 4 is 21.8 Å². The number of fused-ring (bicyclic) bond motifs is 1. The lowest BCUT2D eigenvalue weighted by atomic mass is 9.94. The van der Waals surface area contributed by atoms with Gasteiger partial charge in [0.05, 0.1) is 23.7 Å². The number of carbonyl (C=O) groups is 2. The van der Waals surface area contributed by atoms with Crippen LogP contribution in [0.3, 0.4) is 0 Å². The zero-order valence-electron chi connectivity index (χ0n) is 19.2. The molecule has 1 aliphatic carbocycles. The van der Waals surface area contributed by atoms with Crippen LogP contribution in [0.2, 0.25) is 0 Å². The molecule has 3 aromatic rings. The molecule has 1 heterocycles. The first-order valence-corrected chi connectivity index (χ1v) is 12.7. The molecule has 0 saturated heterocycles. The molecular weight excluding hydrogens is 454 g/mol. The van der Waals surface area contributed by atoms with E-state index in [0.29, 0.717) is 18.6 Å². The van der Waals surface area contributed by atoms with E-state index in [2.05, 4.69) is 9.82 Å². The maximum absolute atomic E-state index is 13.1. The van der Waals surface area contributed by atoms with E-state index in [0.717, 1.165) is 35.2 Å². The Kier molecular flexibility index (Phi) is 6.95. The van der Waals surface area contributed by atoms with Crippen molar-refractivity contribution in [2.24, 2.45) is 0 Å². The normalized spacial score (nSPS) is 15.5. The lowest BCUT2D eigenvalue weighted by Gasteiger charge is -2.24. The average molecular weight is 482 g/mol. The molecule has 0 radical (unpaired) electrons. The number of esters is 1. The number of Topliss-reactive ketones (excluding diaryl/α,β-unsaturated/α-hetero) is 1. The third-order valence-electron chi connectivity index (χ3n) is 5.91. The van der Waals surface area contributed by atoms with E-state index in [1.54, 1.807) is 60.3 Å². The summed E-state index contributed by atoms with van der Waals surface area (Å²) >= 11 is 0. The van der Waals surface area contributed by atoms with E-state index in [9.17, 15) is 18.0 Å². The molecule has 0 fully saturated rings. The van der Waals surface area contributed by atoms with Gasteiger partial charge in [-0.05, 0) is 62.4 Å². The van der Waals surface area contributed by atoms with Crippen molar-refractivity contribution in [3.8, 4) is 11.1 Å². The molecule has 0 spiro atoms. The number of nitrogens with one attached hydrogen (secondary N) is 1. The molecule has 1 N–H and O–H groups in total. The van der Waals surface area contributed by atoms with Crippen LogP contribution in [0.25, 0.3) is 11.1 Å². The summed E-state index contributed by atoms with van der Waals surface area (Å²) < 4.78 is 35.6. The number of benzene rings is 2. The van der Waals surface area contributed by atoms with Gasteiger partial charge in [-0.1, -0.05) is 30.3 Å². The van der Waals surface area contributed by atoms with Gasteiger partial charge in [0.1, 0.15) is 6.54 Å². The third-order valence-corrected chi connectivity index (χ3v) is 7.40. The van der Waals surface area contributed by atoms with Crippen LogP contribution in [0.1, 0.15) is 54.3 Å². The van der Waals surface area contributed by atoms with Crippen LogP contribution in [0, 0.1) is 0 Å². The SMILES string of the molecule is CCOC(=O)Cn1ncc2c1CCCC2NS(=O)(=O)c1ccc(-c2cccc(C(C)=O)c2)cc1. The van der Waals surface area contributed by atoms with Crippen molar-refractivity contribution in [3.05, 3.63) is 71.5 Å². The summed E-state index contributed by atoms with van der Waals surface area (Å²) in [6.45, 7) is 3.56. The highest BCUT2D eigenvalue weighted by Crippen LogP contribution is 2.31. The van der Waals surface area contributed by atoms with Gasteiger partial charge in [0.25, 0.3) is 0 Å². The fraction of sp³-hybridized carbons (Fsp3) is 0.320. The second kappa shape index (κ2) is 9.90. The van der Waals surface area contributed by atoms with Crippen LogP contribution in [-0.2, 0) is 32.5 Å². The van der Waals surface area contributed by atoms with Gasteiger partial charge in [0.2, 0.25) is 10.0 Å². The van der Waals surface area contributed by atoms with Crippen LogP contribution in [-0.4, -0.2) is 36.6 Å². The molecule has 9 heteroatoms. The van der Waals surface area contributed by atoms with E-state index in [1.165, 1.54) is 6.92 Å². The molecule has 1 aliphatic rings. The monoisotopic (exact) mass is 481 g/mol. The highest BCUT2D eigenvalue weighted by Gasteiger charge is 2.29. The molecule has 1 unspecified atom stereocenters. The first-order chi connectivity index (χ1) is 16.3. The van der Waals surface area contributed by atoms with Gasteiger partial charge < -0.3 is 4.74 Å². The summed E-state index contributed by atoms with van der Waals surface area (Å²) in [5, 5.41) is 4.29. The first kappa shape index (κ1) is 23.8. The largest absolute Gasteiger partial charge is 0.465 e. The van der Waals surface area contributed by atoms with Gasteiger partial charge in [0, 0.05) is 16.8 Å². The number of ketones is 1. The number of sulfonamides is 1. The summed E-state index contributed by atoms with van der Waals surface area (Å²) in [7, 11) is -3.78. The van der Waals surface area contributed by atoms with Gasteiger partial charge in [-0.25, -0.2) is 13.1 Å². The Balaban J connectivity index is 1.52. The molecule has 1 aromatic heterocycles. The molecule has 34 heavy (non-hydrogen) atoms. The number of carbonyl (C=O) groups excluding carboxylic acids is 2. The molecule has 1 atom stereocenters. The van der Waals surface area contributed by atoms with Crippen LogP contribution >= 0.6 is 0 Å². The number of hydrogen-bond acceptors (Lipinski definition) is 6. The smallest absolute Gasteiger partial charge is 0.327 e. The molecule has 2 aromatic carbocycles. The Morgan fingerprint density at radius 2 is 1.91 bits per heavy atom. The van der Waals surface area contributed by atoms with Gasteiger partial charge in [-0.15, -0.1) is 0 Å². The predicted molar refractivity (Wildman–Crippen MR) is 127 cm³/mol. The number of nitrogens with zero attached hydrogens (tertiary/aromatic N) is 2.